The minimum absolute atomic E-state index is 0.0118. The number of nitrogens with zero attached hydrogens (tertiary/aromatic N) is 1. The fourth-order valence-corrected chi connectivity index (χ4v) is 3.74. The normalized spacial score (nSPS) is 16.1. The molecule has 0 radical (unpaired) electrons. The maximum absolute atomic E-state index is 12.7. The fraction of sp³-hybridized carbons (Fsp3) is 0.417. The summed E-state index contributed by atoms with van der Waals surface area (Å²) in [6, 6.07) is 18.6. The Balaban J connectivity index is 1.54. The second-order valence-electron chi connectivity index (χ2n) is 7.97. The highest BCUT2D eigenvalue weighted by Crippen LogP contribution is 2.23. The third-order valence-electron chi connectivity index (χ3n) is 5.55. The molecule has 3 rings (SSSR count). The molecule has 1 fully saturated rings. The van der Waals surface area contributed by atoms with Crippen molar-refractivity contribution < 1.29 is 9.59 Å². The second kappa shape index (κ2) is 9.05. The minimum atomic E-state index is -0.0346. The van der Waals surface area contributed by atoms with E-state index in [0.29, 0.717) is 13.1 Å². The smallest absolute Gasteiger partial charge is 0.225 e. The van der Waals surface area contributed by atoms with Gasteiger partial charge in [0.05, 0.1) is 6.04 Å². The molecule has 4 nitrogen and oxygen atoms in total. The molecule has 28 heavy (non-hydrogen) atoms. The first-order valence-electron chi connectivity index (χ1n) is 10.2. The lowest BCUT2D eigenvalue weighted by Gasteiger charge is -2.33. The lowest BCUT2D eigenvalue weighted by molar-refractivity contribution is -0.138. The van der Waals surface area contributed by atoms with Crippen LogP contribution in [0, 0.1) is 11.8 Å². The van der Waals surface area contributed by atoms with Gasteiger partial charge in [0.2, 0.25) is 11.8 Å². The topological polar surface area (TPSA) is 49.4 Å². The molecule has 1 N–H and O–H groups in total. The van der Waals surface area contributed by atoms with Crippen molar-refractivity contribution in [3.05, 3.63) is 60.2 Å². The SMILES string of the molecule is CC(C)C(=O)N1CCC(C(=O)NC(C)c2ccc(-c3ccccc3)cc2)CC1. The van der Waals surface area contributed by atoms with Crippen molar-refractivity contribution in [3.63, 3.8) is 0 Å². The highest BCUT2D eigenvalue weighted by molar-refractivity contribution is 5.81. The summed E-state index contributed by atoms with van der Waals surface area (Å²) in [7, 11) is 0. The molecule has 2 aromatic rings. The average Bonchev–Trinajstić information content (AvgIpc) is 2.74. The Morgan fingerprint density at radius 3 is 2.04 bits per heavy atom. The summed E-state index contributed by atoms with van der Waals surface area (Å²) in [5.41, 5.74) is 3.46. The van der Waals surface area contributed by atoms with Crippen molar-refractivity contribution >= 4 is 11.8 Å². The summed E-state index contributed by atoms with van der Waals surface area (Å²) in [5.74, 6) is 0.286. The van der Waals surface area contributed by atoms with Gasteiger partial charge in [0, 0.05) is 24.9 Å². The molecule has 0 aromatic heterocycles. The van der Waals surface area contributed by atoms with Gasteiger partial charge in [0.15, 0.2) is 0 Å². The summed E-state index contributed by atoms with van der Waals surface area (Å²) in [6.07, 6.45) is 1.48. The van der Waals surface area contributed by atoms with Gasteiger partial charge in [-0.15, -0.1) is 0 Å². The van der Waals surface area contributed by atoms with E-state index < -0.39 is 0 Å². The number of rotatable bonds is 5. The highest BCUT2D eigenvalue weighted by atomic mass is 16.2. The number of carbonyl (C=O) groups is 2. The zero-order valence-electron chi connectivity index (χ0n) is 17.0. The van der Waals surface area contributed by atoms with E-state index in [0.717, 1.165) is 18.4 Å². The molecule has 148 valence electrons. The predicted molar refractivity (Wildman–Crippen MR) is 113 cm³/mol. The molecular weight excluding hydrogens is 348 g/mol. The molecule has 0 bridgehead atoms. The van der Waals surface area contributed by atoms with Crippen molar-refractivity contribution in [2.75, 3.05) is 13.1 Å². The molecular formula is C24H30N2O2. The van der Waals surface area contributed by atoms with Crippen LogP contribution < -0.4 is 5.32 Å². The summed E-state index contributed by atoms with van der Waals surface area (Å²) < 4.78 is 0. The maximum Gasteiger partial charge on any atom is 0.225 e. The zero-order chi connectivity index (χ0) is 20.1. The largest absolute Gasteiger partial charge is 0.349 e. The molecule has 4 heteroatoms. The van der Waals surface area contributed by atoms with Crippen molar-refractivity contribution in [2.45, 2.75) is 39.7 Å². The van der Waals surface area contributed by atoms with Crippen LogP contribution in [0.15, 0.2) is 54.6 Å². The summed E-state index contributed by atoms with van der Waals surface area (Å²) >= 11 is 0. The number of amides is 2. The standard InChI is InChI=1S/C24H30N2O2/c1-17(2)24(28)26-15-13-22(14-16-26)23(27)25-18(3)19-9-11-21(12-10-19)20-7-5-4-6-8-20/h4-12,17-18,22H,13-16H2,1-3H3,(H,25,27). The molecule has 1 aliphatic rings. The zero-order valence-corrected chi connectivity index (χ0v) is 17.0. The molecule has 2 aromatic carbocycles. The van der Waals surface area contributed by atoms with Crippen molar-refractivity contribution in [1.82, 2.24) is 10.2 Å². The van der Waals surface area contributed by atoms with Crippen molar-refractivity contribution in [1.29, 1.82) is 0 Å². The molecule has 1 saturated heterocycles. The molecule has 1 unspecified atom stereocenters. The van der Waals surface area contributed by atoms with Crippen molar-refractivity contribution in [2.24, 2.45) is 11.8 Å². The van der Waals surface area contributed by atoms with Crippen LogP contribution in [0.5, 0.6) is 0 Å². The number of carbonyl (C=O) groups excluding carboxylic acids is 2. The number of likely N-dealkylation sites (tertiary alicyclic amines) is 1. The van der Waals surface area contributed by atoms with Crippen LogP contribution in [-0.2, 0) is 9.59 Å². The Morgan fingerprint density at radius 1 is 0.893 bits per heavy atom. The average molecular weight is 379 g/mol. The van der Waals surface area contributed by atoms with E-state index in [-0.39, 0.29) is 29.7 Å². The Morgan fingerprint density at radius 2 is 1.46 bits per heavy atom. The van der Waals surface area contributed by atoms with Crippen LogP contribution >= 0.6 is 0 Å². The second-order valence-corrected chi connectivity index (χ2v) is 7.97. The van der Waals surface area contributed by atoms with E-state index in [1.54, 1.807) is 0 Å². The van der Waals surface area contributed by atoms with Gasteiger partial charge in [0.25, 0.3) is 0 Å². The minimum Gasteiger partial charge on any atom is -0.349 e. The molecule has 1 heterocycles. The first-order valence-corrected chi connectivity index (χ1v) is 10.2. The first kappa shape index (κ1) is 20.1. The van der Waals surface area contributed by atoms with Gasteiger partial charge in [0.1, 0.15) is 0 Å². The van der Waals surface area contributed by atoms with E-state index in [9.17, 15) is 9.59 Å². The lowest BCUT2D eigenvalue weighted by Crippen LogP contribution is -2.44. The van der Waals surface area contributed by atoms with Gasteiger partial charge in [-0.3, -0.25) is 9.59 Å². The Hall–Kier alpha value is -2.62. The Kier molecular flexibility index (Phi) is 6.50. The predicted octanol–water partition coefficient (Wildman–Crippen LogP) is 4.43. The monoisotopic (exact) mass is 378 g/mol. The molecule has 1 aliphatic heterocycles. The summed E-state index contributed by atoms with van der Waals surface area (Å²) in [6.45, 7) is 7.22. The lowest BCUT2D eigenvalue weighted by atomic mass is 9.94. The van der Waals surface area contributed by atoms with E-state index in [1.165, 1.54) is 11.1 Å². The number of benzene rings is 2. The Labute approximate surface area is 167 Å². The van der Waals surface area contributed by atoms with Gasteiger partial charge < -0.3 is 10.2 Å². The van der Waals surface area contributed by atoms with E-state index in [1.807, 2.05) is 43.9 Å². The van der Waals surface area contributed by atoms with E-state index in [4.69, 9.17) is 0 Å². The fourth-order valence-electron chi connectivity index (χ4n) is 3.74. The molecule has 0 aliphatic carbocycles. The third-order valence-corrected chi connectivity index (χ3v) is 5.55. The van der Waals surface area contributed by atoms with Gasteiger partial charge in [-0.25, -0.2) is 0 Å². The quantitative estimate of drug-likeness (QED) is 0.837. The summed E-state index contributed by atoms with van der Waals surface area (Å²) in [5, 5.41) is 3.15. The van der Waals surface area contributed by atoms with Crippen LogP contribution in [0.4, 0.5) is 0 Å². The van der Waals surface area contributed by atoms with E-state index in [2.05, 4.69) is 41.7 Å². The van der Waals surface area contributed by atoms with Gasteiger partial charge in [-0.1, -0.05) is 68.4 Å². The molecule has 1 atom stereocenters. The van der Waals surface area contributed by atoms with Crippen molar-refractivity contribution in [3.8, 4) is 11.1 Å². The first-order chi connectivity index (χ1) is 13.5. The van der Waals surface area contributed by atoms with Gasteiger partial charge in [-0.05, 0) is 36.5 Å². The molecule has 2 amide bonds. The molecule has 0 saturated carbocycles. The summed E-state index contributed by atoms with van der Waals surface area (Å²) in [4.78, 5) is 26.6. The van der Waals surface area contributed by atoms with Crippen LogP contribution in [-0.4, -0.2) is 29.8 Å². The number of piperidine rings is 1. The maximum atomic E-state index is 12.7. The van der Waals surface area contributed by atoms with Crippen LogP contribution in [0.2, 0.25) is 0 Å². The molecule has 0 spiro atoms. The van der Waals surface area contributed by atoms with Gasteiger partial charge in [-0.2, -0.15) is 0 Å². The van der Waals surface area contributed by atoms with Crippen LogP contribution in [0.3, 0.4) is 0 Å². The number of nitrogens with one attached hydrogen (secondary N) is 1. The Bertz CT molecular complexity index is 791. The van der Waals surface area contributed by atoms with Crippen LogP contribution in [0.1, 0.15) is 45.2 Å². The van der Waals surface area contributed by atoms with Gasteiger partial charge >= 0.3 is 0 Å². The third kappa shape index (κ3) is 4.80. The van der Waals surface area contributed by atoms with Crippen LogP contribution in [0.25, 0.3) is 11.1 Å². The highest BCUT2D eigenvalue weighted by Gasteiger charge is 2.28. The van der Waals surface area contributed by atoms with E-state index >= 15 is 0 Å². The number of hydrogen-bond donors (Lipinski definition) is 1. The number of hydrogen-bond acceptors (Lipinski definition) is 2.